The molecule has 42 heavy (non-hydrogen) atoms. The number of benzene rings is 4. The molecule has 9 nitrogen and oxygen atoms in total. The lowest BCUT2D eigenvalue weighted by Crippen LogP contribution is -2.38. The molecule has 220 valence electrons. The summed E-state index contributed by atoms with van der Waals surface area (Å²) in [6.07, 6.45) is 0. The molecule has 0 aliphatic heterocycles. The summed E-state index contributed by atoms with van der Waals surface area (Å²) < 4.78 is 62.5. The quantitative estimate of drug-likeness (QED) is 0.213. The van der Waals surface area contributed by atoms with Crippen molar-refractivity contribution < 1.29 is 26.4 Å². The van der Waals surface area contributed by atoms with Crippen molar-refractivity contribution in [1.29, 1.82) is 0 Å². The number of carbonyl (C=O) groups is 1. The van der Waals surface area contributed by atoms with Gasteiger partial charge in [-0.2, -0.15) is 0 Å². The maximum absolute atomic E-state index is 13.7. The van der Waals surface area contributed by atoms with Gasteiger partial charge in [-0.25, -0.2) is 16.8 Å². The van der Waals surface area contributed by atoms with Crippen LogP contribution in [0.15, 0.2) is 99.2 Å². The molecule has 0 spiro atoms. The van der Waals surface area contributed by atoms with Gasteiger partial charge in [0.2, 0.25) is 5.91 Å². The number of amides is 1. The molecule has 12 heteroatoms. The normalized spacial score (nSPS) is 11.5. The van der Waals surface area contributed by atoms with Crippen LogP contribution in [0.25, 0.3) is 0 Å². The third-order valence-electron chi connectivity index (χ3n) is 6.40. The maximum Gasteiger partial charge on any atom is 0.264 e. The number of nitrogens with zero attached hydrogens (tertiary/aromatic N) is 1. The first kappa shape index (κ1) is 31.1. The molecule has 2 N–H and O–H groups in total. The molecular formula is C30H30BrN3O6S2. The predicted molar refractivity (Wildman–Crippen MR) is 168 cm³/mol. The first-order valence-electron chi connectivity index (χ1n) is 12.7. The van der Waals surface area contributed by atoms with E-state index in [1.54, 1.807) is 30.3 Å². The molecule has 0 saturated heterocycles. The minimum atomic E-state index is -4.16. The molecule has 0 unspecified atom stereocenters. The molecule has 0 aromatic heterocycles. The highest BCUT2D eigenvalue weighted by atomic mass is 79.9. The third kappa shape index (κ3) is 7.12. The molecule has 0 fully saturated rings. The number of hydrogen-bond acceptors (Lipinski definition) is 6. The standard InChI is InChI=1S/C30H30BrN3O6S2/c1-20-5-10-24(11-6-20)34(42(38,39)26-14-16-29(40-4)27(31)18-26)19-30(35)32-23-8-12-25(13-9-23)41(36,37)33-28-15-7-21(2)17-22(28)3/h5-18,33H,19H2,1-4H3,(H,32,35). The minimum Gasteiger partial charge on any atom is -0.496 e. The molecule has 4 aromatic rings. The fraction of sp³-hybridized carbons (Fsp3) is 0.167. The second-order valence-corrected chi connectivity index (χ2v) is 14.0. The van der Waals surface area contributed by atoms with Crippen LogP contribution in [0.3, 0.4) is 0 Å². The van der Waals surface area contributed by atoms with Gasteiger partial charge in [-0.3, -0.25) is 13.8 Å². The van der Waals surface area contributed by atoms with Gasteiger partial charge in [0, 0.05) is 5.69 Å². The average Bonchev–Trinajstić information content (AvgIpc) is 2.94. The summed E-state index contributed by atoms with van der Waals surface area (Å²) >= 11 is 3.32. The number of rotatable bonds is 10. The molecule has 0 atom stereocenters. The Kier molecular flexibility index (Phi) is 9.29. The summed E-state index contributed by atoms with van der Waals surface area (Å²) in [5.74, 6) is -0.154. The van der Waals surface area contributed by atoms with E-state index in [4.69, 9.17) is 4.74 Å². The van der Waals surface area contributed by atoms with Gasteiger partial charge in [0.15, 0.2) is 0 Å². The number of ether oxygens (including phenoxy) is 1. The van der Waals surface area contributed by atoms with Gasteiger partial charge in [0.25, 0.3) is 20.0 Å². The number of halogens is 1. The number of methoxy groups -OCH3 is 1. The fourth-order valence-electron chi connectivity index (χ4n) is 4.14. The number of hydrogen-bond donors (Lipinski definition) is 2. The van der Waals surface area contributed by atoms with Crippen LogP contribution in [0.1, 0.15) is 16.7 Å². The summed E-state index contributed by atoms with van der Waals surface area (Å²) in [6.45, 7) is 5.09. The lowest BCUT2D eigenvalue weighted by atomic mass is 10.1. The first-order chi connectivity index (χ1) is 19.8. The summed E-state index contributed by atoms with van der Waals surface area (Å²) in [7, 11) is -6.57. The molecule has 4 rings (SSSR count). The predicted octanol–water partition coefficient (Wildman–Crippen LogP) is 6.02. The Morgan fingerprint density at radius 3 is 2.02 bits per heavy atom. The highest BCUT2D eigenvalue weighted by molar-refractivity contribution is 9.10. The lowest BCUT2D eigenvalue weighted by Gasteiger charge is -2.24. The van der Waals surface area contributed by atoms with Gasteiger partial charge in [-0.05, 0) is 103 Å². The van der Waals surface area contributed by atoms with Gasteiger partial charge >= 0.3 is 0 Å². The Hall–Kier alpha value is -3.87. The molecular weight excluding hydrogens is 642 g/mol. The van der Waals surface area contributed by atoms with Crippen LogP contribution >= 0.6 is 15.9 Å². The Labute approximate surface area is 254 Å². The lowest BCUT2D eigenvalue weighted by molar-refractivity contribution is -0.114. The van der Waals surface area contributed by atoms with Crippen LogP contribution in [0, 0.1) is 20.8 Å². The van der Waals surface area contributed by atoms with Crippen molar-refractivity contribution in [2.24, 2.45) is 0 Å². The van der Waals surface area contributed by atoms with Crippen LogP contribution < -0.4 is 19.1 Å². The number of anilines is 3. The zero-order valence-corrected chi connectivity index (χ0v) is 26.6. The zero-order valence-electron chi connectivity index (χ0n) is 23.4. The van der Waals surface area contributed by atoms with Crippen molar-refractivity contribution in [2.45, 2.75) is 30.6 Å². The van der Waals surface area contributed by atoms with Gasteiger partial charge in [-0.15, -0.1) is 0 Å². The second kappa shape index (κ2) is 12.6. The van der Waals surface area contributed by atoms with Gasteiger partial charge in [-0.1, -0.05) is 35.4 Å². The summed E-state index contributed by atoms with van der Waals surface area (Å²) in [6, 6.07) is 22.1. The second-order valence-electron chi connectivity index (χ2n) is 9.64. The van der Waals surface area contributed by atoms with E-state index in [-0.39, 0.29) is 9.79 Å². The van der Waals surface area contributed by atoms with E-state index in [1.807, 2.05) is 32.9 Å². The third-order valence-corrected chi connectivity index (χ3v) is 10.2. The van der Waals surface area contributed by atoms with Gasteiger partial charge < -0.3 is 10.1 Å². The monoisotopic (exact) mass is 671 g/mol. The van der Waals surface area contributed by atoms with Crippen LogP contribution in [0.4, 0.5) is 17.1 Å². The van der Waals surface area contributed by atoms with E-state index in [0.29, 0.717) is 27.3 Å². The van der Waals surface area contributed by atoms with Crippen LogP contribution in [-0.4, -0.2) is 36.4 Å². The summed E-state index contributed by atoms with van der Waals surface area (Å²) in [4.78, 5) is 13.1. The van der Waals surface area contributed by atoms with Crippen molar-refractivity contribution in [1.82, 2.24) is 0 Å². The molecule has 0 radical (unpaired) electrons. The molecule has 0 aliphatic carbocycles. The minimum absolute atomic E-state index is 0.00872. The van der Waals surface area contributed by atoms with Crippen molar-refractivity contribution >= 4 is 58.9 Å². The number of carbonyl (C=O) groups excluding carboxylic acids is 1. The summed E-state index contributed by atoms with van der Waals surface area (Å²) in [5.41, 5.74) is 3.81. The van der Waals surface area contributed by atoms with E-state index in [2.05, 4.69) is 26.0 Å². The SMILES string of the molecule is COc1ccc(S(=O)(=O)N(CC(=O)Nc2ccc(S(=O)(=O)Nc3ccc(C)cc3C)cc2)c2ccc(C)cc2)cc1Br. The van der Waals surface area contributed by atoms with E-state index in [0.717, 1.165) is 21.0 Å². The molecule has 0 saturated carbocycles. The Morgan fingerprint density at radius 2 is 1.43 bits per heavy atom. The highest BCUT2D eigenvalue weighted by Gasteiger charge is 2.28. The summed E-state index contributed by atoms with van der Waals surface area (Å²) in [5, 5.41) is 2.66. The molecule has 1 amide bonds. The topological polar surface area (TPSA) is 122 Å². The van der Waals surface area contributed by atoms with E-state index >= 15 is 0 Å². The molecule has 0 bridgehead atoms. The first-order valence-corrected chi connectivity index (χ1v) is 16.4. The van der Waals surface area contributed by atoms with Gasteiger partial charge in [0.1, 0.15) is 12.3 Å². The van der Waals surface area contributed by atoms with Crippen LogP contribution in [0.5, 0.6) is 5.75 Å². The highest BCUT2D eigenvalue weighted by Crippen LogP contribution is 2.31. The van der Waals surface area contributed by atoms with Crippen LogP contribution in [-0.2, 0) is 24.8 Å². The molecule has 0 aliphatic rings. The van der Waals surface area contributed by atoms with Crippen molar-refractivity contribution in [3.63, 3.8) is 0 Å². The maximum atomic E-state index is 13.7. The number of sulfonamides is 2. The van der Waals surface area contributed by atoms with Crippen LogP contribution in [0.2, 0.25) is 0 Å². The molecule has 0 heterocycles. The Bertz CT molecular complexity index is 1830. The average molecular weight is 673 g/mol. The van der Waals surface area contributed by atoms with E-state index in [1.165, 1.54) is 49.6 Å². The fourth-order valence-corrected chi connectivity index (χ4v) is 7.41. The van der Waals surface area contributed by atoms with Gasteiger partial charge in [0.05, 0.1) is 32.7 Å². The van der Waals surface area contributed by atoms with Crippen molar-refractivity contribution in [2.75, 3.05) is 28.0 Å². The zero-order chi connectivity index (χ0) is 30.7. The largest absolute Gasteiger partial charge is 0.496 e. The number of nitrogens with one attached hydrogen (secondary N) is 2. The van der Waals surface area contributed by atoms with Crippen molar-refractivity contribution in [3.05, 3.63) is 106 Å². The van der Waals surface area contributed by atoms with E-state index in [9.17, 15) is 21.6 Å². The number of aryl methyl sites for hydroxylation is 3. The van der Waals surface area contributed by atoms with Crippen molar-refractivity contribution in [3.8, 4) is 5.75 Å². The smallest absolute Gasteiger partial charge is 0.264 e. The molecule has 4 aromatic carbocycles. The Morgan fingerprint density at radius 1 is 0.810 bits per heavy atom. The van der Waals surface area contributed by atoms with E-state index < -0.39 is 32.5 Å². The Balaban J connectivity index is 1.55.